The van der Waals surface area contributed by atoms with Crippen molar-refractivity contribution >= 4 is 23.2 Å². The van der Waals surface area contributed by atoms with Gasteiger partial charge in [0.25, 0.3) is 0 Å². The van der Waals surface area contributed by atoms with Gasteiger partial charge < -0.3 is 22.9 Å². The van der Waals surface area contributed by atoms with Gasteiger partial charge in [-0.2, -0.15) is 0 Å². The highest BCUT2D eigenvalue weighted by atomic mass is 19.1. The largest absolute Gasteiger partial charge is 0.399 e. The number of nitrogens with two attached hydrogens (primary N) is 4. The summed E-state index contributed by atoms with van der Waals surface area (Å²) in [5, 5.41) is 0. The van der Waals surface area contributed by atoms with Crippen molar-refractivity contribution in [2.75, 3.05) is 11.5 Å². The lowest BCUT2D eigenvalue weighted by molar-refractivity contribution is 0.0989. The van der Waals surface area contributed by atoms with Crippen molar-refractivity contribution in [3.05, 3.63) is 71.3 Å². The molecule has 0 atom stereocenters. The zero-order valence-corrected chi connectivity index (χ0v) is 14.5. The van der Waals surface area contributed by atoms with Crippen molar-refractivity contribution in [3.8, 4) is 22.3 Å². The first kappa shape index (κ1) is 18.8. The van der Waals surface area contributed by atoms with Crippen LogP contribution in [0.4, 0.5) is 20.2 Å². The van der Waals surface area contributed by atoms with Gasteiger partial charge in [0.1, 0.15) is 11.6 Å². The number of hydrogen-bond donors (Lipinski definition) is 4. The molecule has 0 saturated carbocycles. The minimum absolute atomic E-state index is 0.0648. The first-order valence-corrected chi connectivity index (χ1v) is 8.08. The summed E-state index contributed by atoms with van der Waals surface area (Å²) in [7, 11) is 0. The van der Waals surface area contributed by atoms with Crippen molar-refractivity contribution in [1.29, 1.82) is 0 Å². The van der Waals surface area contributed by atoms with Crippen molar-refractivity contribution in [1.82, 2.24) is 0 Å². The fraction of sp³-hybridized carbons (Fsp3) is 0. The first-order chi connectivity index (χ1) is 13.2. The molecule has 8 N–H and O–H groups in total. The normalized spacial score (nSPS) is 10.6. The van der Waals surface area contributed by atoms with Crippen LogP contribution in [0.3, 0.4) is 0 Å². The van der Waals surface area contributed by atoms with Crippen LogP contribution in [0.5, 0.6) is 0 Å². The molecule has 0 heterocycles. The summed E-state index contributed by atoms with van der Waals surface area (Å²) in [6.07, 6.45) is 0. The number of carbonyl (C=O) groups is 2. The quantitative estimate of drug-likeness (QED) is 0.515. The number of primary amides is 2. The Morgan fingerprint density at radius 2 is 1.00 bits per heavy atom. The SMILES string of the molecule is NC(=O)c1ccc(C(N)=O)c(-c2ccc(N)cc2F)c1-c1ccc(N)cc1F. The Hall–Kier alpha value is -3.94. The summed E-state index contributed by atoms with van der Waals surface area (Å²) in [6.45, 7) is 0. The predicted octanol–water partition coefficient (Wildman–Crippen LogP) is 2.66. The molecule has 3 rings (SSSR count). The van der Waals surface area contributed by atoms with Gasteiger partial charge in [0.05, 0.1) is 0 Å². The fourth-order valence-electron chi connectivity index (χ4n) is 3.04. The molecular weight excluding hydrogens is 366 g/mol. The second-order valence-corrected chi connectivity index (χ2v) is 6.12. The lowest BCUT2D eigenvalue weighted by Gasteiger charge is -2.18. The number of nitrogen functional groups attached to an aromatic ring is 2. The van der Waals surface area contributed by atoms with Crippen LogP contribution in [0.1, 0.15) is 20.7 Å². The van der Waals surface area contributed by atoms with E-state index in [9.17, 15) is 18.4 Å². The Kier molecular flexibility index (Phi) is 4.70. The van der Waals surface area contributed by atoms with Crippen LogP contribution < -0.4 is 22.9 Å². The predicted molar refractivity (Wildman–Crippen MR) is 103 cm³/mol. The molecule has 3 aromatic rings. The third-order valence-electron chi connectivity index (χ3n) is 4.26. The van der Waals surface area contributed by atoms with Gasteiger partial charge in [-0.05, 0) is 48.5 Å². The van der Waals surface area contributed by atoms with E-state index in [-0.39, 0.29) is 44.8 Å². The monoisotopic (exact) mass is 382 g/mol. The molecule has 0 aliphatic heterocycles. The van der Waals surface area contributed by atoms with Gasteiger partial charge >= 0.3 is 0 Å². The van der Waals surface area contributed by atoms with Gasteiger partial charge in [-0.3, -0.25) is 9.59 Å². The van der Waals surface area contributed by atoms with E-state index in [0.29, 0.717) is 0 Å². The average Bonchev–Trinajstić information content (AvgIpc) is 2.61. The average molecular weight is 382 g/mol. The van der Waals surface area contributed by atoms with E-state index < -0.39 is 23.4 Å². The summed E-state index contributed by atoms with van der Waals surface area (Å²) in [5.74, 6) is -3.33. The third kappa shape index (κ3) is 3.23. The van der Waals surface area contributed by atoms with Gasteiger partial charge in [-0.25, -0.2) is 8.78 Å². The van der Waals surface area contributed by atoms with Crippen LogP contribution in [0, 0.1) is 11.6 Å². The van der Waals surface area contributed by atoms with Crippen LogP contribution in [0.25, 0.3) is 22.3 Å². The second-order valence-electron chi connectivity index (χ2n) is 6.12. The van der Waals surface area contributed by atoms with Gasteiger partial charge in [-0.15, -0.1) is 0 Å². The Labute approximate surface area is 158 Å². The maximum atomic E-state index is 14.7. The standard InChI is InChI=1S/C20H16F2N4O2/c21-15-7-9(23)1-3-11(15)17-13(19(25)27)5-6-14(20(26)28)18(17)12-4-2-10(24)8-16(12)22/h1-8H,23-24H2,(H2,25,27)(H2,26,28). The van der Waals surface area contributed by atoms with Crippen LogP contribution in [0.15, 0.2) is 48.5 Å². The maximum Gasteiger partial charge on any atom is 0.249 e. The van der Waals surface area contributed by atoms with Crippen LogP contribution in [-0.2, 0) is 0 Å². The molecule has 0 fully saturated rings. The lowest BCUT2D eigenvalue weighted by atomic mass is 9.86. The molecule has 0 bridgehead atoms. The number of amides is 2. The molecule has 0 aromatic heterocycles. The molecule has 0 aliphatic carbocycles. The fourth-order valence-corrected chi connectivity index (χ4v) is 3.04. The summed E-state index contributed by atoms with van der Waals surface area (Å²) in [6, 6.07) is 10.0. The number of benzene rings is 3. The maximum absolute atomic E-state index is 14.7. The van der Waals surface area contributed by atoms with E-state index >= 15 is 0 Å². The van der Waals surface area contributed by atoms with Crippen LogP contribution in [-0.4, -0.2) is 11.8 Å². The molecule has 0 spiro atoms. The van der Waals surface area contributed by atoms with Gasteiger partial charge in [0.2, 0.25) is 11.8 Å². The molecule has 3 aromatic carbocycles. The number of anilines is 2. The summed E-state index contributed by atoms with van der Waals surface area (Å²) < 4.78 is 29.4. The minimum atomic E-state index is -0.889. The number of carbonyl (C=O) groups excluding carboxylic acids is 2. The Morgan fingerprint density at radius 3 is 1.29 bits per heavy atom. The van der Waals surface area contributed by atoms with E-state index in [4.69, 9.17) is 22.9 Å². The molecule has 0 aliphatic rings. The summed E-state index contributed by atoms with van der Waals surface area (Å²) in [5.41, 5.74) is 21.9. The highest BCUT2D eigenvalue weighted by Gasteiger charge is 2.25. The number of rotatable bonds is 4. The highest BCUT2D eigenvalue weighted by Crippen LogP contribution is 2.40. The van der Waals surface area contributed by atoms with E-state index in [2.05, 4.69) is 0 Å². The Bertz CT molecular complexity index is 1040. The summed E-state index contributed by atoms with van der Waals surface area (Å²) in [4.78, 5) is 24.0. The summed E-state index contributed by atoms with van der Waals surface area (Å²) >= 11 is 0. The lowest BCUT2D eigenvalue weighted by Crippen LogP contribution is -2.18. The second kappa shape index (κ2) is 6.99. The molecule has 8 heteroatoms. The zero-order chi connectivity index (χ0) is 20.6. The van der Waals surface area contributed by atoms with E-state index in [1.54, 1.807) is 0 Å². The van der Waals surface area contributed by atoms with Gasteiger partial charge in [-0.1, -0.05) is 0 Å². The molecular formula is C20H16F2N4O2. The molecule has 0 saturated heterocycles. The van der Waals surface area contributed by atoms with E-state index in [1.807, 2.05) is 0 Å². The molecule has 142 valence electrons. The van der Waals surface area contributed by atoms with Crippen molar-refractivity contribution in [3.63, 3.8) is 0 Å². The molecule has 0 unspecified atom stereocenters. The van der Waals surface area contributed by atoms with Crippen molar-refractivity contribution in [2.24, 2.45) is 11.5 Å². The van der Waals surface area contributed by atoms with Gasteiger partial charge in [0.15, 0.2) is 0 Å². The highest BCUT2D eigenvalue weighted by molar-refractivity contribution is 6.10. The van der Waals surface area contributed by atoms with E-state index in [0.717, 1.165) is 12.1 Å². The Balaban J connectivity index is 2.52. The van der Waals surface area contributed by atoms with Gasteiger partial charge in [0, 0.05) is 44.8 Å². The van der Waals surface area contributed by atoms with Crippen LogP contribution >= 0.6 is 0 Å². The molecule has 2 amide bonds. The number of halogens is 2. The zero-order valence-electron chi connectivity index (χ0n) is 14.5. The molecule has 28 heavy (non-hydrogen) atoms. The topological polar surface area (TPSA) is 138 Å². The molecule has 0 radical (unpaired) electrons. The first-order valence-electron chi connectivity index (χ1n) is 8.08. The van der Waals surface area contributed by atoms with Crippen molar-refractivity contribution in [2.45, 2.75) is 0 Å². The van der Waals surface area contributed by atoms with Crippen molar-refractivity contribution < 1.29 is 18.4 Å². The third-order valence-corrected chi connectivity index (χ3v) is 4.26. The molecule has 6 nitrogen and oxygen atoms in total. The smallest absolute Gasteiger partial charge is 0.249 e. The van der Waals surface area contributed by atoms with E-state index in [1.165, 1.54) is 36.4 Å². The minimum Gasteiger partial charge on any atom is -0.399 e. The van der Waals surface area contributed by atoms with Crippen LogP contribution in [0.2, 0.25) is 0 Å². The Morgan fingerprint density at radius 1 is 0.643 bits per heavy atom. The number of hydrogen-bond acceptors (Lipinski definition) is 4.